The number of amides is 2. The number of thioether (sulfide) groups is 1. The Kier molecular flexibility index (Phi) is 2.87. The standard InChI is InChI=1S/C11H12N2O2S/c1-6-3-4-7(2)8(5-6)12-10-9(14)13-11(15)16-10/h3-5,10,12H,1-2H3,(H,13,14,15). The third-order valence-electron chi connectivity index (χ3n) is 2.37. The van der Waals surface area contributed by atoms with Crippen molar-refractivity contribution in [2.75, 3.05) is 5.32 Å². The Morgan fingerprint density at radius 3 is 2.69 bits per heavy atom. The number of rotatable bonds is 2. The van der Waals surface area contributed by atoms with E-state index in [2.05, 4.69) is 10.6 Å². The first-order valence-electron chi connectivity index (χ1n) is 4.91. The van der Waals surface area contributed by atoms with Crippen molar-refractivity contribution in [3.05, 3.63) is 29.3 Å². The van der Waals surface area contributed by atoms with E-state index in [0.717, 1.165) is 28.6 Å². The number of anilines is 1. The summed E-state index contributed by atoms with van der Waals surface area (Å²) in [6.45, 7) is 3.94. The number of aryl methyl sites for hydroxylation is 2. The summed E-state index contributed by atoms with van der Waals surface area (Å²) in [5, 5.41) is 4.49. The van der Waals surface area contributed by atoms with Gasteiger partial charge < -0.3 is 5.32 Å². The van der Waals surface area contributed by atoms with Crippen LogP contribution < -0.4 is 10.6 Å². The van der Waals surface area contributed by atoms with Gasteiger partial charge in [-0.25, -0.2) is 0 Å². The molecule has 5 heteroatoms. The molecule has 1 aliphatic rings. The molecule has 0 saturated carbocycles. The molecule has 1 heterocycles. The maximum Gasteiger partial charge on any atom is 0.288 e. The minimum absolute atomic E-state index is 0.282. The minimum atomic E-state index is -0.520. The Bertz CT molecular complexity index is 459. The van der Waals surface area contributed by atoms with Gasteiger partial charge in [0, 0.05) is 5.69 Å². The van der Waals surface area contributed by atoms with E-state index in [1.54, 1.807) is 0 Å². The quantitative estimate of drug-likeness (QED) is 0.825. The van der Waals surface area contributed by atoms with Crippen molar-refractivity contribution in [3.8, 4) is 0 Å². The van der Waals surface area contributed by atoms with Crippen LogP contribution in [0.4, 0.5) is 10.5 Å². The number of benzene rings is 1. The Morgan fingerprint density at radius 1 is 1.31 bits per heavy atom. The molecule has 1 saturated heterocycles. The van der Waals surface area contributed by atoms with Crippen molar-refractivity contribution >= 4 is 28.6 Å². The molecule has 0 spiro atoms. The molecule has 84 valence electrons. The van der Waals surface area contributed by atoms with Gasteiger partial charge in [0.05, 0.1) is 0 Å². The lowest BCUT2D eigenvalue weighted by molar-refractivity contribution is -0.118. The Labute approximate surface area is 97.8 Å². The molecule has 1 aromatic rings. The molecule has 2 N–H and O–H groups in total. The van der Waals surface area contributed by atoms with Crippen LogP contribution >= 0.6 is 11.8 Å². The molecule has 1 atom stereocenters. The van der Waals surface area contributed by atoms with E-state index in [4.69, 9.17) is 0 Å². The van der Waals surface area contributed by atoms with E-state index in [1.165, 1.54) is 0 Å². The molecule has 16 heavy (non-hydrogen) atoms. The van der Waals surface area contributed by atoms with Crippen LogP contribution in [0.25, 0.3) is 0 Å². The van der Waals surface area contributed by atoms with Gasteiger partial charge in [0.2, 0.25) is 0 Å². The average molecular weight is 236 g/mol. The highest BCUT2D eigenvalue weighted by Gasteiger charge is 2.31. The fraction of sp³-hybridized carbons (Fsp3) is 0.273. The topological polar surface area (TPSA) is 58.2 Å². The second kappa shape index (κ2) is 4.17. The lowest BCUT2D eigenvalue weighted by Crippen LogP contribution is -2.29. The van der Waals surface area contributed by atoms with Crippen LogP contribution in [0.2, 0.25) is 0 Å². The Morgan fingerprint density at radius 2 is 2.06 bits per heavy atom. The second-order valence-corrected chi connectivity index (χ2v) is 4.82. The molecule has 0 aromatic heterocycles. The summed E-state index contributed by atoms with van der Waals surface area (Å²) in [5.74, 6) is -0.282. The third kappa shape index (κ3) is 2.19. The summed E-state index contributed by atoms with van der Waals surface area (Å²) < 4.78 is 0. The first-order chi connectivity index (χ1) is 7.56. The molecule has 1 unspecified atom stereocenters. The van der Waals surface area contributed by atoms with E-state index in [1.807, 2.05) is 32.0 Å². The summed E-state index contributed by atoms with van der Waals surface area (Å²) in [6.07, 6.45) is 0. The molecule has 0 bridgehead atoms. The van der Waals surface area contributed by atoms with Gasteiger partial charge in [0.1, 0.15) is 0 Å². The lowest BCUT2D eigenvalue weighted by Gasteiger charge is -2.13. The smallest absolute Gasteiger partial charge is 0.288 e. The van der Waals surface area contributed by atoms with Crippen LogP contribution in [0, 0.1) is 13.8 Å². The average Bonchev–Trinajstić information content (AvgIpc) is 2.51. The Balaban J connectivity index is 2.18. The highest BCUT2D eigenvalue weighted by Crippen LogP contribution is 2.24. The molecule has 1 fully saturated rings. The van der Waals surface area contributed by atoms with Gasteiger partial charge in [-0.2, -0.15) is 0 Å². The van der Waals surface area contributed by atoms with Crippen molar-refractivity contribution < 1.29 is 9.59 Å². The fourth-order valence-corrected chi connectivity index (χ4v) is 2.21. The summed E-state index contributed by atoms with van der Waals surface area (Å²) >= 11 is 0.972. The van der Waals surface area contributed by atoms with Crippen LogP contribution in [0.3, 0.4) is 0 Å². The van der Waals surface area contributed by atoms with Gasteiger partial charge in [-0.05, 0) is 42.8 Å². The maximum atomic E-state index is 11.4. The van der Waals surface area contributed by atoms with Crippen molar-refractivity contribution in [3.63, 3.8) is 0 Å². The van der Waals surface area contributed by atoms with Crippen molar-refractivity contribution in [2.45, 2.75) is 19.2 Å². The van der Waals surface area contributed by atoms with E-state index in [9.17, 15) is 9.59 Å². The molecule has 0 radical (unpaired) electrons. The first-order valence-corrected chi connectivity index (χ1v) is 5.79. The van der Waals surface area contributed by atoms with E-state index >= 15 is 0 Å². The van der Waals surface area contributed by atoms with E-state index in [-0.39, 0.29) is 11.1 Å². The zero-order chi connectivity index (χ0) is 11.7. The lowest BCUT2D eigenvalue weighted by atomic mass is 10.1. The predicted octanol–water partition coefficient (Wildman–Crippen LogP) is 2.02. The van der Waals surface area contributed by atoms with Gasteiger partial charge >= 0.3 is 0 Å². The minimum Gasteiger partial charge on any atom is -0.365 e. The molecule has 4 nitrogen and oxygen atoms in total. The number of nitrogens with one attached hydrogen (secondary N) is 2. The maximum absolute atomic E-state index is 11.4. The summed E-state index contributed by atoms with van der Waals surface area (Å²) in [7, 11) is 0. The molecular formula is C11H12N2O2S. The number of hydrogen-bond acceptors (Lipinski definition) is 4. The molecule has 2 amide bonds. The van der Waals surface area contributed by atoms with Crippen molar-refractivity contribution in [1.29, 1.82) is 0 Å². The number of imide groups is 1. The highest BCUT2D eigenvalue weighted by molar-refractivity contribution is 8.15. The third-order valence-corrected chi connectivity index (χ3v) is 3.25. The van der Waals surface area contributed by atoms with Crippen molar-refractivity contribution in [2.24, 2.45) is 0 Å². The van der Waals surface area contributed by atoms with Gasteiger partial charge in [-0.3, -0.25) is 14.9 Å². The van der Waals surface area contributed by atoms with Crippen LogP contribution in [-0.4, -0.2) is 16.5 Å². The summed E-state index contributed by atoms with van der Waals surface area (Å²) in [6, 6.07) is 5.95. The zero-order valence-electron chi connectivity index (χ0n) is 9.03. The van der Waals surface area contributed by atoms with Gasteiger partial charge in [0.25, 0.3) is 11.1 Å². The SMILES string of the molecule is Cc1ccc(C)c(NC2SC(=O)NC2=O)c1. The largest absolute Gasteiger partial charge is 0.365 e. The first kappa shape index (κ1) is 11.0. The van der Waals surface area contributed by atoms with Crippen LogP contribution in [0.5, 0.6) is 0 Å². The van der Waals surface area contributed by atoms with Gasteiger partial charge in [0.15, 0.2) is 5.37 Å². The van der Waals surface area contributed by atoms with Crippen LogP contribution in [-0.2, 0) is 4.79 Å². The van der Waals surface area contributed by atoms with E-state index < -0.39 is 5.37 Å². The summed E-state index contributed by atoms with van der Waals surface area (Å²) in [5.41, 5.74) is 3.06. The van der Waals surface area contributed by atoms with Gasteiger partial charge in [-0.1, -0.05) is 12.1 Å². The normalized spacial score (nSPS) is 19.8. The molecule has 2 rings (SSSR count). The molecule has 0 aliphatic carbocycles. The molecular weight excluding hydrogens is 224 g/mol. The molecule has 1 aromatic carbocycles. The van der Waals surface area contributed by atoms with Crippen LogP contribution in [0.1, 0.15) is 11.1 Å². The number of carbonyl (C=O) groups is 2. The predicted molar refractivity (Wildman–Crippen MR) is 64.5 cm³/mol. The number of carbonyl (C=O) groups excluding carboxylic acids is 2. The van der Waals surface area contributed by atoms with Crippen molar-refractivity contribution in [1.82, 2.24) is 5.32 Å². The monoisotopic (exact) mass is 236 g/mol. The fourth-order valence-electron chi connectivity index (χ4n) is 1.48. The van der Waals surface area contributed by atoms with Gasteiger partial charge in [-0.15, -0.1) is 0 Å². The van der Waals surface area contributed by atoms with E-state index in [0.29, 0.717) is 0 Å². The number of hydrogen-bond donors (Lipinski definition) is 2. The second-order valence-electron chi connectivity index (χ2n) is 3.74. The Hall–Kier alpha value is -1.49. The zero-order valence-corrected chi connectivity index (χ0v) is 9.85. The summed E-state index contributed by atoms with van der Waals surface area (Å²) in [4.78, 5) is 22.4. The van der Waals surface area contributed by atoms with Crippen LogP contribution in [0.15, 0.2) is 18.2 Å². The molecule has 1 aliphatic heterocycles. The highest BCUT2D eigenvalue weighted by atomic mass is 32.2.